The summed E-state index contributed by atoms with van der Waals surface area (Å²) >= 11 is 1.42. The molecule has 1 atom stereocenters. The SMILES string of the molecule is COc1ccc2[nH]c(C)c(CC(=O)N(C(=O)[C@H](CCCSCC(=O)c3ccccc3OC)NC(=O)OCc3ccccc3)c3ccc4ccccc4c3)c2c1. The van der Waals surface area contributed by atoms with Gasteiger partial charge in [-0.2, -0.15) is 11.8 Å². The Morgan fingerprint density at radius 3 is 2.35 bits per heavy atom. The van der Waals surface area contributed by atoms with Gasteiger partial charge in [-0.05, 0) is 89.9 Å². The fourth-order valence-corrected chi connectivity index (χ4v) is 7.34. The number of para-hydroxylation sites is 1. The van der Waals surface area contributed by atoms with Gasteiger partial charge in [-0.1, -0.05) is 72.8 Å². The molecule has 0 aliphatic rings. The number of amides is 3. The predicted molar refractivity (Wildman–Crippen MR) is 217 cm³/mol. The lowest BCUT2D eigenvalue weighted by atomic mass is 10.0. The molecule has 0 unspecified atom stereocenters. The summed E-state index contributed by atoms with van der Waals surface area (Å²) in [6.07, 6.45) is -0.230. The largest absolute Gasteiger partial charge is 0.497 e. The number of benzene rings is 5. The number of aromatic amines is 1. The lowest BCUT2D eigenvalue weighted by Gasteiger charge is -2.27. The van der Waals surface area contributed by atoms with Crippen molar-refractivity contribution in [1.29, 1.82) is 0 Å². The Labute approximate surface area is 324 Å². The summed E-state index contributed by atoms with van der Waals surface area (Å²) in [5.41, 5.74) is 4.04. The number of Topliss-reactive ketones (excluding diaryl/α,β-unsaturated/α-hetero) is 1. The van der Waals surface area contributed by atoms with Crippen molar-refractivity contribution in [2.45, 2.75) is 38.8 Å². The number of carbonyl (C=O) groups excluding carboxylic acids is 4. The molecule has 5 aromatic carbocycles. The summed E-state index contributed by atoms with van der Waals surface area (Å²) in [4.78, 5) is 60.1. The van der Waals surface area contributed by atoms with Crippen LogP contribution in [0.5, 0.6) is 11.5 Å². The third kappa shape index (κ3) is 9.54. The lowest BCUT2D eigenvalue weighted by Crippen LogP contribution is -2.51. The molecule has 0 aliphatic heterocycles. The molecule has 1 aromatic heterocycles. The summed E-state index contributed by atoms with van der Waals surface area (Å²) < 4.78 is 16.3. The van der Waals surface area contributed by atoms with Crippen LogP contribution in [0.1, 0.15) is 40.0 Å². The number of fused-ring (bicyclic) bond motifs is 2. The Bertz CT molecular complexity index is 2310. The highest BCUT2D eigenvalue weighted by Crippen LogP contribution is 2.30. The van der Waals surface area contributed by atoms with E-state index >= 15 is 0 Å². The second kappa shape index (κ2) is 18.3. The number of imide groups is 1. The molecule has 6 rings (SSSR count). The Morgan fingerprint density at radius 2 is 1.56 bits per heavy atom. The van der Waals surface area contributed by atoms with Crippen LogP contribution >= 0.6 is 11.8 Å². The number of nitrogens with zero attached hydrogens (tertiary/aromatic N) is 1. The number of alkyl carbamates (subject to hydrolysis) is 1. The van der Waals surface area contributed by atoms with Crippen LogP contribution < -0.4 is 19.7 Å². The number of H-pyrrole nitrogens is 1. The molecule has 0 saturated heterocycles. The van der Waals surface area contributed by atoms with Gasteiger partial charge in [0, 0.05) is 16.6 Å². The van der Waals surface area contributed by atoms with Crippen LogP contribution in [0.3, 0.4) is 0 Å². The molecule has 6 aromatic rings. The minimum atomic E-state index is -1.12. The quantitative estimate of drug-likeness (QED) is 0.0745. The molecular weight excluding hydrogens is 715 g/mol. The Hall–Kier alpha value is -6.07. The van der Waals surface area contributed by atoms with Crippen molar-refractivity contribution in [2.75, 3.05) is 30.6 Å². The van der Waals surface area contributed by atoms with Crippen LogP contribution in [-0.4, -0.2) is 60.4 Å². The van der Waals surface area contributed by atoms with Crippen LogP contribution in [0.4, 0.5) is 10.5 Å². The maximum atomic E-state index is 14.8. The number of methoxy groups -OCH3 is 2. The lowest BCUT2D eigenvalue weighted by molar-refractivity contribution is -0.127. The van der Waals surface area contributed by atoms with Gasteiger partial charge in [-0.15, -0.1) is 0 Å². The number of carbonyl (C=O) groups is 4. The van der Waals surface area contributed by atoms with Gasteiger partial charge in [0.25, 0.3) is 5.91 Å². The maximum absolute atomic E-state index is 14.8. The minimum absolute atomic E-state index is 0.00508. The first kappa shape index (κ1) is 38.6. The monoisotopic (exact) mass is 757 g/mol. The molecule has 0 spiro atoms. The molecule has 2 N–H and O–H groups in total. The topological polar surface area (TPSA) is 127 Å². The van der Waals surface area contributed by atoms with Crippen molar-refractivity contribution in [3.8, 4) is 11.5 Å². The van der Waals surface area contributed by atoms with Gasteiger partial charge in [-0.3, -0.25) is 14.4 Å². The Morgan fingerprint density at radius 1 is 0.818 bits per heavy atom. The van der Waals surface area contributed by atoms with Crippen LogP contribution in [0, 0.1) is 6.92 Å². The fourth-order valence-electron chi connectivity index (χ4n) is 6.48. The van der Waals surface area contributed by atoms with Gasteiger partial charge in [0.05, 0.1) is 37.6 Å². The molecule has 1 heterocycles. The zero-order valence-electron chi connectivity index (χ0n) is 31.0. The first-order valence-corrected chi connectivity index (χ1v) is 19.1. The predicted octanol–water partition coefficient (Wildman–Crippen LogP) is 8.44. The molecule has 10 nitrogen and oxygen atoms in total. The molecule has 0 bridgehead atoms. The molecule has 0 radical (unpaired) electrons. The van der Waals surface area contributed by atoms with E-state index in [-0.39, 0.29) is 31.0 Å². The second-order valence-corrected chi connectivity index (χ2v) is 14.1. The average Bonchev–Trinajstić information content (AvgIpc) is 3.52. The summed E-state index contributed by atoms with van der Waals surface area (Å²) in [6, 6.07) is 33.9. The number of hydrogen-bond donors (Lipinski definition) is 2. The van der Waals surface area contributed by atoms with Crippen molar-refractivity contribution in [3.05, 3.63) is 138 Å². The Balaban J connectivity index is 1.26. The second-order valence-electron chi connectivity index (χ2n) is 13.0. The van der Waals surface area contributed by atoms with E-state index in [4.69, 9.17) is 14.2 Å². The fraction of sp³-hybridized carbons (Fsp3) is 0.227. The van der Waals surface area contributed by atoms with Gasteiger partial charge in [0.15, 0.2) is 5.78 Å². The summed E-state index contributed by atoms with van der Waals surface area (Å²) in [7, 11) is 3.11. The van der Waals surface area contributed by atoms with E-state index in [1.54, 1.807) is 37.4 Å². The van der Waals surface area contributed by atoms with E-state index < -0.39 is 23.9 Å². The smallest absolute Gasteiger partial charge is 0.408 e. The van der Waals surface area contributed by atoms with E-state index in [9.17, 15) is 19.2 Å². The van der Waals surface area contributed by atoms with Gasteiger partial charge >= 0.3 is 6.09 Å². The molecule has 282 valence electrons. The van der Waals surface area contributed by atoms with Crippen molar-refractivity contribution >= 4 is 62.8 Å². The van der Waals surface area contributed by atoms with Crippen LogP contribution in [0.15, 0.2) is 115 Å². The van der Waals surface area contributed by atoms with E-state index in [2.05, 4.69) is 10.3 Å². The zero-order valence-corrected chi connectivity index (χ0v) is 31.8. The van der Waals surface area contributed by atoms with Gasteiger partial charge in [-0.25, -0.2) is 9.69 Å². The highest BCUT2D eigenvalue weighted by atomic mass is 32.2. The van der Waals surface area contributed by atoms with E-state index in [1.165, 1.54) is 23.8 Å². The number of thioether (sulfide) groups is 1. The minimum Gasteiger partial charge on any atom is -0.497 e. The third-order valence-electron chi connectivity index (χ3n) is 9.34. The standard InChI is InChI=1S/C44H43N3O7S/c1-29-36(37-25-34(52-2)21-22-38(37)45-29)26-42(49)47(33-20-19-31-14-7-8-15-32(31)24-33)43(50)39(46-44(51)54-27-30-12-5-4-6-13-30)17-11-23-55-28-40(48)35-16-9-10-18-41(35)53-3/h4-10,12-16,18-22,24-25,39,45H,11,17,23,26-28H2,1-3H3,(H,46,51)/t39-/m0/s1. The number of ketones is 1. The molecule has 0 saturated carbocycles. The third-order valence-corrected chi connectivity index (χ3v) is 10.4. The molecule has 0 aliphatic carbocycles. The number of rotatable bonds is 16. The maximum Gasteiger partial charge on any atom is 0.408 e. The van der Waals surface area contributed by atoms with Crippen molar-refractivity contribution in [2.24, 2.45) is 0 Å². The summed E-state index contributed by atoms with van der Waals surface area (Å²) in [6.45, 7) is 1.89. The zero-order chi connectivity index (χ0) is 38.7. The first-order chi connectivity index (χ1) is 26.7. The first-order valence-electron chi connectivity index (χ1n) is 18.0. The highest BCUT2D eigenvalue weighted by Gasteiger charge is 2.32. The molecular formula is C44H43N3O7S. The van der Waals surface area contributed by atoms with Gasteiger partial charge in [0.2, 0.25) is 5.91 Å². The number of aryl methyl sites for hydroxylation is 1. The molecule has 55 heavy (non-hydrogen) atoms. The number of ether oxygens (including phenoxy) is 3. The van der Waals surface area contributed by atoms with Crippen molar-refractivity contribution in [1.82, 2.24) is 10.3 Å². The Kier molecular flexibility index (Phi) is 12.9. The average molecular weight is 758 g/mol. The van der Waals surface area contributed by atoms with Crippen LogP contribution in [0.25, 0.3) is 21.7 Å². The normalized spacial score (nSPS) is 11.5. The van der Waals surface area contributed by atoms with Crippen molar-refractivity contribution in [3.63, 3.8) is 0 Å². The molecule has 0 fully saturated rings. The summed E-state index contributed by atoms with van der Waals surface area (Å²) in [5, 5.41) is 5.38. The van der Waals surface area contributed by atoms with E-state index in [1.807, 2.05) is 91.9 Å². The van der Waals surface area contributed by atoms with Gasteiger partial charge in [0.1, 0.15) is 24.1 Å². The van der Waals surface area contributed by atoms with Gasteiger partial charge < -0.3 is 24.5 Å². The highest BCUT2D eigenvalue weighted by molar-refractivity contribution is 7.99. The summed E-state index contributed by atoms with van der Waals surface area (Å²) in [5.74, 6) is 0.750. The van der Waals surface area contributed by atoms with Crippen LogP contribution in [0.2, 0.25) is 0 Å². The van der Waals surface area contributed by atoms with Crippen molar-refractivity contribution < 1.29 is 33.4 Å². The number of nitrogens with one attached hydrogen (secondary N) is 2. The molecule has 11 heteroatoms. The number of anilines is 1. The number of aromatic nitrogens is 1. The van der Waals surface area contributed by atoms with Crippen LogP contribution in [-0.2, 0) is 27.4 Å². The number of hydrogen-bond acceptors (Lipinski definition) is 8. The van der Waals surface area contributed by atoms with E-state index in [0.29, 0.717) is 34.9 Å². The van der Waals surface area contributed by atoms with E-state index in [0.717, 1.165) is 38.5 Å². The molecule has 3 amide bonds.